The first-order valence-electron chi connectivity index (χ1n) is 3.37. The van der Waals surface area contributed by atoms with Crippen molar-refractivity contribution >= 4 is 11.6 Å². The summed E-state index contributed by atoms with van der Waals surface area (Å²) in [5.41, 5.74) is -0.331. The SMILES string of the molecule is Cc1c(F)cnc(Cl)c1OC(F)(F)F. The molecular formula is C7H4ClF4NO. The molecule has 0 aliphatic heterocycles. The highest BCUT2D eigenvalue weighted by Gasteiger charge is 2.33. The molecule has 78 valence electrons. The van der Waals surface area contributed by atoms with Crippen LogP contribution in [-0.2, 0) is 0 Å². The fraction of sp³-hybridized carbons (Fsp3) is 0.286. The van der Waals surface area contributed by atoms with E-state index in [9.17, 15) is 17.6 Å². The summed E-state index contributed by atoms with van der Waals surface area (Å²) in [6.45, 7) is 1.12. The first-order valence-corrected chi connectivity index (χ1v) is 3.75. The molecule has 0 fully saturated rings. The number of nitrogens with zero attached hydrogens (tertiary/aromatic N) is 1. The van der Waals surface area contributed by atoms with Crippen molar-refractivity contribution in [3.63, 3.8) is 0 Å². The lowest BCUT2D eigenvalue weighted by Gasteiger charge is -2.12. The summed E-state index contributed by atoms with van der Waals surface area (Å²) in [5.74, 6) is -1.71. The van der Waals surface area contributed by atoms with Gasteiger partial charge >= 0.3 is 6.36 Å². The van der Waals surface area contributed by atoms with Crippen molar-refractivity contribution in [3.8, 4) is 5.75 Å². The maximum atomic E-state index is 12.8. The van der Waals surface area contributed by atoms with Gasteiger partial charge in [0.05, 0.1) is 6.20 Å². The van der Waals surface area contributed by atoms with Crippen LogP contribution in [0.15, 0.2) is 6.20 Å². The molecule has 0 radical (unpaired) electrons. The Morgan fingerprint density at radius 3 is 2.50 bits per heavy atom. The lowest BCUT2D eigenvalue weighted by molar-refractivity contribution is -0.275. The molecule has 0 atom stereocenters. The van der Waals surface area contributed by atoms with E-state index in [-0.39, 0.29) is 5.56 Å². The Bertz CT molecular complexity index is 352. The Balaban J connectivity index is 3.13. The molecule has 1 heterocycles. The van der Waals surface area contributed by atoms with Gasteiger partial charge in [-0.1, -0.05) is 11.6 Å². The van der Waals surface area contributed by atoms with Crippen LogP contribution in [0.3, 0.4) is 0 Å². The number of hydrogen-bond donors (Lipinski definition) is 0. The second kappa shape index (κ2) is 3.61. The third kappa shape index (κ3) is 2.47. The lowest BCUT2D eigenvalue weighted by Crippen LogP contribution is -2.18. The van der Waals surface area contributed by atoms with E-state index in [2.05, 4.69) is 9.72 Å². The first kappa shape index (κ1) is 11.0. The van der Waals surface area contributed by atoms with E-state index >= 15 is 0 Å². The predicted octanol–water partition coefficient (Wildman–Crippen LogP) is 3.08. The van der Waals surface area contributed by atoms with Crippen molar-refractivity contribution in [1.82, 2.24) is 4.98 Å². The van der Waals surface area contributed by atoms with Gasteiger partial charge in [0.2, 0.25) is 0 Å². The fourth-order valence-corrected chi connectivity index (χ4v) is 0.995. The molecule has 0 saturated heterocycles. The quantitative estimate of drug-likeness (QED) is 0.545. The van der Waals surface area contributed by atoms with Crippen molar-refractivity contribution < 1.29 is 22.3 Å². The normalized spacial score (nSPS) is 11.6. The van der Waals surface area contributed by atoms with Crippen molar-refractivity contribution in [1.29, 1.82) is 0 Å². The second-order valence-corrected chi connectivity index (χ2v) is 2.76. The van der Waals surface area contributed by atoms with Gasteiger partial charge in [-0.2, -0.15) is 0 Å². The summed E-state index contributed by atoms with van der Waals surface area (Å²) in [5, 5.41) is -0.527. The van der Waals surface area contributed by atoms with Crippen LogP contribution in [0.1, 0.15) is 5.56 Å². The Kier molecular flexibility index (Phi) is 2.84. The molecule has 7 heteroatoms. The number of ether oxygens (including phenoxy) is 1. The van der Waals surface area contributed by atoms with Crippen molar-refractivity contribution in [2.75, 3.05) is 0 Å². The Morgan fingerprint density at radius 2 is 2.00 bits per heavy atom. The van der Waals surface area contributed by atoms with Gasteiger partial charge < -0.3 is 4.74 Å². The minimum absolute atomic E-state index is 0.331. The van der Waals surface area contributed by atoms with Gasteiger partial charge in [-0.15, -0.1) is 13.2 Å². The van der Waals surface area contributed by atoms with E-state index < -0.39 is 23.1 Å². The summed E-state index contributed by atoms with van der Waals surface area (Å²) in [6, 6.07) is 0. The molecule has 0 unspecified atom stereocenters. The maximum absolute atomic E-state index is 12.8. The second-order valence-electron chi connectivity index (χ2n) is 2.40. The molecule has 0 aliphatic carbocycles. The maximum Gasteiger partial charge on any atom is 0.573 e. The highest BCUT2D eigenvalue weighted by Crippen LogP contribution is 2.32. The van der Waals surface area contributed by atoms with Crippen LogP contribution in [0, 0.1) is 12.7 Å². The zero-order valence-corrected chi connectivity index (χ0v) is 7.58. The number of hydrogen-bond acceptors (Lipinski definition) is 2. The van der Waals surface area contributed by atoms with E-state index in [1.54, 1.807) is 0 Å². The summed E-state index contributed by atoms with van der Waals surface area (Å²) < 4.78 is 51.7. The summed E-state index contributed by atoms with van der Waals surface area (Å²) in [6.07, 6.45) is -4.19. The zero-order valence-electron chi connectivity index (χ0n) is 6.82. The largest absolute Gasteiger partial charge is 0.573 e. The van der Waals surface area contributed by atoms with Gasteiger partial charge in [-0.3, -0.25) is 0 Å². The van der Waals surface area contributed by atoms with Gasteiger partial charge in [0.1, 0.15) is 5.82 Å². The summed E-state index contributed by atoms with van der Waals surface area (Å²) in [4.78, 5) is 3.19. The van der Waals surface area contributed by atoms with E-state index in [1.165, 1.54) is 0 Å². The molecular weight excluding hydrogens is 226 g/mol. The van der Waals surface area contributed by atoms with Gasteiger partial charge in [0.25, 0.3) is 0 Å². The standard InChI is InChI=1S/C7H4ClF4NO/c1-3-4(9)2-13-6(8)5(3)14-7(10,11)12/h2H,1H3. The molecule has 0 bridgehead atoms. The Labute approximate surface area is 81.5 Å². The summed E-state index contributed by atoms with van der Waals surface area (Å²) >= 11 is 5.30. The minimum Gasteiger partial charge on any atom is -0.402 e. The van der Waals surface area contributed by atoms with Crippen molar-refractivity contribution in [2.24, 2.45) is 0 Å². The molecule has 0 N–H and O–H groups in total. The van der Waals surface area contributed by atoms with Crippen LogP contribution in [0.25, 0.3) is 0 Å². The number of rotatable bonds is 1. The molecule has 0 saturated carbocycles. The van der Waals surface area contributed by atoms with Gasteiger partial charge in [-0.25, -0.2) is 9.37 Å². The van der Waals surface area contributed by atoms with Crippen molar-refractivity contribution in [2.45, 2.75) is 13.3 Å². The molecule has 1 aromatic heterocycles. The highest BCUT2D eigenvalue weighted by molar-refractivity contribution is 6.30. The monoisotopic (exact) mass is 229 g/mol. The first-order chi connectivity index (χ1) is 6.31. The van der Waals surface area contributed by atoms with Crippen LogP contribution < -0.4 is 4.74 Å². The topological polar surface area (TPSA) is 22.1 Å². The average Bonchev–Trinajstić information content (AvgIpc) is 2.04. The Morgan fingerprint density at radius 1 is 1.43 bits per heavy atom. The molecule has 2 nitrogen and oxygen atoms in total. The number of aromatic nitrogens is 1. The third-order valence-corrected chi connectivity index (χ3v) is 1.66. The Hall–Kier alpha value is -1.04. The molecule has 14 heavy (non-hydrogen) atoms. The van der Waals surface area contributed by atoms with Crippen LogP contribution in [0.4, 0.5) is 17.6 Å². The van der Waals surface area contributed by atoms with Gasteiger partial charge in [0.15, 0.2) is 10.9 Å². The lowest BCUT2D eigenvalue weighted by atomic mass is 10.3. The molecule has 0 amide bonds. The molecule has 0 aromatic carbocycles. The third-order valence-electron chi connectivity index (χ3n) is 1.40. The van der Waals surface area contributed by atoms with Crippen LogP contribution in [-0.4, -0.2) is 11.3 Å². The zero-order chi connectivity index (χ0) is 10.9. The van der Waals surface area contributed by atoms with Gasteiger partial charge in [0, 0.05) is 5.56 Å². The molecule has 0 spiro atoms. The van der Waals surface area contributed by atoms with E-state index in [0.29, 0.717) is 0 Å². The summed E-state index contributed by atoms with van der Waals surface area (Å²) in [7, 11) is 0. The molecule has 1 aromatic rings. The van der Waals surface area contributed by atoms with Crippen LogP contribution in [0.5, 0.6) is 5.75 Å². The van der Waals surface area contributed by atoms with E-state index in [0.717, 1.165) is 13.1 Å². The smallest absolute Gasteiger partial charge is 0.402 e. The minimum atomic E-state index is -4.91. The highest BCUT2D eigenvalue weighted by atomic mass is 35.5. The van der Waals surface area contributed by atoms with E-state index in [1.807, 2.05) is 0 Å². The van der Waals surface area contributed by atoms with Crippen LogP contribution in [0.2, 0.25) is 5.15 Å². The van der Waals surface area contributed by atoms with Crippen LogP contribution >= 0.6 is 11.6 Å². The number of halogens is 5. The number of alkyl halides is 3. The molecule has 0 aliphatic rings. The fourth-order valence-electron chi connectivity index (χ4n) is 0.766. The predicted molar refractivity (Wildman–Crippen MR) is 40.6 cm³/mol. The molecule has 1 rings (SSSR count). The van der Waals surface area contributed by atoms with E-state index in [4.69, 9.17) is 11.6 Å². The number of pyridine rings is 1. The average molecular weight is 230 g/mol. The van der Waals surface area contributed by atoms with Crippen molar-refractivity contribution in [3.05, 3.63) is 22.7 Å². The van der Waals surface area contributed by atoms with Gasteiger partial charge in [-0.05, 0) is 6.92 Å².